The number of benzene rings is 2. The first-order chi connectivity index (χ1) is 13.7. The molecule has 0 aliphatic rings. The molecule has 0 radical (unpaired) electrons. The molecule has 0 bridgehead atoms. The van der Waals surface area contributed by atoms with Crippen molar-refractivity contribution in [1.82, 2.24) is 9.38 Å². The number of anilines is 1. The summed E-state index contributed by atoms with van der Waals surface area (Å²) in [5.74, 6) is -0.322. The van der Waals surface area contributed by atoms with Crippen LogP contribution in [-0.2, 0) is 11.2 Å². The summed E-state index contributed by atoms with van der Waals surface area (Å²) < 4.78 is 16.0. The number of fused-ring (bicyclic) bond motifs is 1. The smallest absolute Gasteiger partial charge is 0.224 e. The van der Waals surface area contributed by atoms with Crippen LogP contribution in [0.2, 0.25) is 0 Å². The third-order valence-corrected chi connectivity index (χ3v) is 6.11. The van der Waals surface area contributed by atoms with Gasteiger partial charge in [0.2, 0.25) is 5.91 Å². The van der Waals surface area contributed by atoms with Crippen LogP contribution in [0.25, 0.3) is 16.2 Å². The molecule has 0 unspecified atom stereocenters. The maximum absolute atomic E-state index is 14.0. The van der Waals surface area contributed by atoms with Crippen LogP contribution in [0.3, 0.4) is 0 Å². The Balaban J connectivity index is 1.48. The zero-order valence-electron chi connectivity index (χ0n) is 15.2. The Kier molecular flexibility index (Phi) is 5.45. The number of imidazole rings is 1. The molecule has 4 aromatic rings. The number of rotatable bonds is 6. The first kappa shape index (κ1) is 18.7. The SMILES string of the molecule is CSc1ccccc1NC(=O)CCc1csc2nc(-c3ccccc3F)cn12. The van der Waals surface area contributed by atoms with Gasteiger partial charge in [0.1, 0.15) is 5.82 Å². The van der Waals surface area contributed by atoms with Gasteiger partial charge in [0.25, 0.3) is 0 Å². The summed E-state index contributed by atoms with van der Waals surface area (Å²) in [6.07, 6.45) is 4.77. The lowest BCUT2D eigenvalue weighted by atomic mass is 10.1. The summed E-state index contributed by atoms with van der Waals surface area (Å²) in [6.45, 7) is 0. The van der Waals surface area contributed by atoms with E-state index in [0.29, 0.717) is 24.1 Å². The lowest BCUT2D eigenvalue weighted by Crippen LogP contribution is -2.13. The Morgan fingerprint density at radius 1 is 1.21 bits per heavy atom. The van der Waals surface area contributed by atoms with Crippen molar-refractivity contribution in [2.24, 2.45) is 0 Å². The van der Waals surface area contributed by atoms with Crippen LogP contribution in [0.1, 0.15) is 12.1 Å². The number of amides is 1. The molecule has 4 rings (SSSR count). The van der Waals surface area contributed by atoms with E-state index < -0.39 is 0 Å². The molecule has 0 spiro atoms. The van der Waals surface area contributed by atoms with Gasteiger partial charge in [0, 0.05) is 34.2 Å². The molecule has 0 fully saturated rings. The number of thiazole rings is 1. The number of nitrogens with zero attached hydrogens (tertiary/aromatic N) is 2. The Bertz CT molecular complexity index is 1140. The zero-order valence-corrected chi connectivity index (χ0v) is 16.8. The van der Waals surface area contributed by atoms with Crippen LogP contribution in [0.15, 0.2) is 65.0 Å². The number of carbonyl (C=O) groups is 1. The van der Waals surface area contributed by atoms with E-state index in [1.165, 1.54) is 17.4 Å². The van der Waals surface area contributed by atoms with Crippen LogP contribution >= 0.6 is 23.1 Å². The number of hydrogen-bond acceptors (Lipinski definition) is 4. The average Bonchev–Trinajstić information content (AvgIpc) is 3.28. The highest BCUT2D eigenvalue weighted by Crippen LogP contribution is 2.27. The highest BCUT2D eigenvalue weighted by Gasteiger charge is 2.13. The van der Waals surface area contributed by atoms with Crippen molar-refractivity contribution < 1.29 is 9.18 Å². The van der Waals surface area contributed by atoms with E-state index in [1.807, 2.05) is 46.5 Å². The van der Waals surface area contributed by atoms with E-state index in [-0.39, 0.29) is 11.7 Å². The number of aryl methyl sites for hydroxylation is 1. The Labute approximate surface area is 170 Å². The van der Waals surface area contributed by atoms with Gasteiger partial charge in [0.05, 0.1) is 11.4 Å². The molecule has 2 aromatic heterocycles. The van der Waals surface area contributed by atoms with Gasteiger partial charge in [-0.25, -0.2) is 9.37 Å². The standard InChI is InChI=1S/C21H18FN3OS2/c1-27-19-9-5-4-8-17(19)23-20(26)11-10-14-13-28-21-24-18(12-25(14)21)15-6-2-3-7-16(15)22/h2-9,12-13H,10-11H2,1H3,(H,23,26). The maximum atomic E-state index is 14.0. The second kappa shape index (κ2) is 8.16. The van der Waals surface area contributed by atoms with Crippen molar-refractivity contribution in [2.45, 2.75) is 17.7 Å². The highest BCUT2D eigenvalue weighted by atomic mass is 32.2. The largest absolute Gasteiger partial charge is 0.325 e. The topological polar surface area (TPSA) is 46.4 Å². The number of aromatic nitrogens is 2. The summed E-state index contributed by atoms with van der Waals surface area (Å²) in [7, 11) is 0. The van der Waals surface area contributed by atoms with Crippen molar-refractivity contribution in [2.75, 3.05) is 11.6 Å². The molecule has 7 heteroatoms. The molecule has 0 saturated carbocycles. The molecule has 0 aliphatic carbocycles. The molecule has 0 aliphatic heterocycles. The average molecular weight is 412 g/mol. The van der Waals surface area contributed by atoms with E-state index in [1.54, 1.807) is 30.0 Å². The van der Waals surface area contributed by atoms with Gasteiger partial charge in [-0.15, -0.1) is 23.1 Å². The second-order valence-corrected chi connectivity index (χ2v) is 7.92. The van der Waals surface area contributed by atoms with E-state index in [0.717, 1.165) is 21.2 Å². The lowest BCUT2D eigenvalue weighted by Gasteiger charge is -2.09. The van der Waals surface area contributed by atoms with Crippen LogP contribution in [0, 0.1) is 5.82 Å². The molecule has 4 nitrogen and oxygen atoms in total. The fraction of sp³-hybridized carbons (Fsp3) is 0.143. The highest BCUT2D eigenvalue weighted by molar-refractivity contribution is 7.98. The first-order valence-corrected chi connectivity index (χ1v) is 10.9. The van der Waals surface area contributed by atoms with Gasteiger partial charge in [-0.3, -0.25) is 9.20 Å². The third-order valence-electron chi connectivity index (χ3n) is 4.42. The predicted octanol–water partition coefficient (Wildman–Crippen LogP) is 5.50. The summed E-state index contributed by atoms with van der Waals surface area (Å²) in [4.78, 5) is 18.7. The molecule has 2 heterocycles. The van der Waals surface area contributed by atoms with Crippen LogP contribution in [-0.4, -0.2) is 21.5 Å². The van der Waals surface area contributed by atoms with Gasteiger partial charge in [-0.1, -0.05) is 24.3 Å². The van der Waals surface area contributed by atoms with Crippen LogP contribution in [0.5, 0.6) is 0 Å². The molecule has 28 heavy (non-hydrogen) atoms. The van der Waals surface area contributed by atoms with Gasteiger partial charge < -0.3 is 5.32 Å². The lowest BCUT2D eigenvalue weighted by molar-refractivity contribution is -0.116. The van der Waals surface area contributed by atoms with Gasteiger partial charge >= 0.3 is 0 Å². The predicted molar refractivity (Wildman–Crippen MR) is 114 cm³/mol. The zero-order chi connectivity index (χ0) is 19.5. The van der Waals surface area contributed by atoms with E-state index >= 15 is 0 Å². The Morgan fingerprint density at radius 2 is 2.00 bits per heavy atom. The van der Waals surface area contributed by atoms with E-state index in [4.69, 9.17) is 0 Å². The van der Waals surface area contributed by atoms with Crippen molar-refractivity contribution >= 4 is 39.7 Å². The Morgan fingerprint density at radius 3 is 2.82 bits per heavy atom. The van der Waals surface area contributed by atoms with Crippen molar-refractivity contribution in [3.05, 3.63) is 71.6 Å². The number of halogens is 1. The molecule has 1 amide bonds. The van der Waals surface area contributed by atoms with E-state index in [2.05, 4.69) is 10.3 Å². The number of hydrogen-bond donors (Lipinski definition) is 1. The fourth-order valence-corrected chi connectivity index (χ4v) is 4.47. The monoisotopic (exact) mass is 411 g/mol. The van der Waals surface area contributed by atoms with Crippen molar-refractivity contribution in [1.29, 1.82) is 0 Å². The van der Waals surface area contributed by atoms with Gasteiger partial charge in [-0.2, -0.15) is 0 Å². The van der Waals surface area contributed by atoms with Gasteiger partial charge in [-0.05, 0) is 36.9 Å². The summed E-state index contributed by atoms with van der Waals surface area (Å²) >= 11 is 3.09. The number of carbonyl (C=O) groups excluding carboxylic acids is 1. The quantitative estimate of drug-likeness (QED) is 0.427. The minimum atomic E-state index is -0.290. The van der Waals surface area contributed by atoms with Crippen LogP contribution < -0.4 is 5.32 Å². The van der Waals surface area contributed by atoms with Gasteiger partial charge in [0.15, 0.2) is 4.96 Å². The normalized spacial score (nSPS) is 11.1. The maximum Gasteiger partial charge on any atom is 0.224 e. The van der Waals surface area contributed by atoms with Crippen molar-refractivity contribution in [3.63, 3.8) is 0 Å². The molecule has 0 atom stereocenters. The number of thioether (sulfide) groups is 1. The molecule has 142 valence electrons. The fourth-order valence-electron chi connectivity index (χ4n) is 3.01. The minimum Gasteiger partial charge on any atom is -0.325 e. The van der Waals surface area contributed by atoms with Crippen LogP contribution in [0.4, 0.5) is 10.1 Å². The molecule has 2 aromatic carbocycles. The first-order valence-electron chi connectivity index (χ1n) is 8.79. The third kappa shape index (κ3) is 3.81. The Hall–Kier alpha value is -2.64. The molecular formula is C21H18FN3OS2. The number of nitrogens with one attached hydrogen (secondary N) is 1. The second-order valence-electron chi connectivity index (χ2n) is 6.23. The molecule has 1 N–H and O–H groups in total. The number of para-hydroxylation sites is 1. The molecule has 0 saturated heterocycles. The summed E-state index contributed by atoms with van der Waals surface area (Å²) in [5, 5.41) is 4.98. The summed E-state index contributed by atoms with van der Waals surface area (Å²) in [6, 6.07) is 14.4. The minimum absolute atomic E-state index is 0.0321. The molecular weight excluding hydrogens is 393 g/mol. The van der Waals surface area contributed by atoms with Crippen molar-refractivity contribution in [3.8, 4) is 11.3 Å². The van der Waals surface area contributed by atoms with E-state index in [9.17, 15) is 9.18 Å². The summed E-state index contributed by atoms with van der Waals surface area (Å²) in [5.41, 5.74) is 2.91.